The fourth-order valence-electron chi connectivity index (χ4n) is 11.4. The first-order chi connectivity index (χ1) is 33.2. The topological polar surface area (TPSA) is 228 Å². The predicted octanol–water partition coefficient (Wildman–Crippen LogP) is 5.03. The Morgan fingerprint density at radius 2 is 1.70 bits per heavy atom. The molecule has 4 heterocycles. The maximum atomic E-state index is 16.1. The number of methoxy groups -OCH3 is 1. The Morgan fingerprint density at radius 1 is 0.971 bits per heavy atom. The lowest BCUT2D eigenvalue weighted by Crippen LogP contribution is -2.77. The SMILES string of the molecule is COc1ccc(C2OC(C(=O)O[C@@H]3C=C4[C@H]5O[C@@H](C(O)CO)O[C@H]5C5CC[C@H]6OC[C@@]6(OC(C)=O)C5[C@H](OC(=O)c5ccccc5)[C@](O)(C3)C4(C)C)[C@H](c3ncccc3F)N2C(=O)OC(C)(C)C)cc1. The smallest absolute Gasteiger partial charge is 0.413 e. The summed E-state index contributed by atoms with van der Waals surface area (Å²) in [5, 5.41) is 35.0. The van der Waals surface area contributed by atoms with Gasteiger partial charge in [-0.25, -0.2) is 18.8 Å². The number of hydrogen-bond acceptors (Lipinski definition) is 17. The van der Waals surface area contributed by atoms with Gasteiger partial charge in [-0.15, -0.1) is 0 Å². The molecule has 2 saturated carbocycles. The highest BCUT2D eigenvalue weighted by atomic mass is 19.1. The number of aliphatic hydroxyl groups excluding tert-OH is 2. The van der Waals surface area contributed by atoms with Crippen LogP contribution < -0.4 is 4.74 Å². The molecular weight excluding hydrogens is 916 g/mol. The van der Waals surface area contributed by atoms with Gasteiger partial charge in [-0.05, 0) is 87.6 Å². The van der Waals surface area contributed by atoms with Gasteiger partial charge in [-0.1, -0.05) is 44.2 Å². The van der Waals surface area contributed by atoms with Crippen molar-refractivity contribution in [1.29, 1.82) is 0 Å². The fourth-order valence-corrected chi connectivity index (χ4v) is 11.4. The molecule has 3 N–H and O–H groups in total. The molecule has 0 radical (unpaired) electrons. The number of carbonyl (C=O) groups excluding carboxylic acids is 4. The zero-order valence-electron chi connectivity index (χ0n) is 39.9. The van der Waals surface area contributed by atoms with Gasteiger partial charge in [0, 0.05) is 36.4 Å². The lowest BCUT2D eigenvalue weighted by atomic mass is 9.49. The van der Waals surface area contributed by atoms with Crippen molar-refractivity contribution < 1.29 is 81.5 Å². The number of ether oxygens (including phenoxy) is 9. The molecule has 3 aromatic rings. The molecule has 14 atom stereocenters. The highest BCUT2D eigenvalue weighted by Gasteiger charge is 2.74. The van der Waals surface area contributed by atoms with Crippen LogP contribution in [0.1, 0.15) is 94.7 Å². The summed E-state index contributed by atoms with van der Waals surface area (Å²) in [5.74, 6) is -4.66. The summed E-state index contributed by atoms with van der Waals surface area (Å²) in [6, 6.07) is 15.6. The van der Waals surface area contributed by atoms with Gasteiger partial charge < -0.3 is 58.0 Å². The molecule has 376 valence electrons. The van der Waals surface area contributed by atoms with Crippen LogP contribution in [-0.4, -0.2) is 135 Å². The van der Waals surface area contributed by atoms with Crippen LogP contribution >= 0.6 is 0 Å². The molecule has 3 saturated heterocycles. The second-order valence-corrected chi connectivity index (χ2v) is 20.3. The first-order valence-electron chi connectivity index (χ1n) is 23.4. The van der Waals surface area contributed by atoms with Gasteiger partial charge >= 0.3 is 24.0 Å². The van der Waals surface area contributed by atoms with Crippen LogP contribution in [-0.2, 0) is 47.5 Å². The van der Waals surface area contributed by atoms with Crippen molar-refractivity contribution in [3.8, 4) is 5.75 Å². The van der Waals surface area contributed by atoms with Gasteiger partial charge in [0.25, 0.3) is 0 Å². The molecule has 2 bridgehead atoms. The lowest BCUT2D eigenvalue weighted by molar-refractivity contribution is -0.330. The maximum absolute atomic E-state index is 16.1. The first kappa shape index (κ1) is 49.4. The molecule has 70 heavy (non-hydrogen) atoms. The number of amides is 1. The normalized spacial score (nSPS) is 34.4. The number of esters is 3. The number of rotatable bonds is 10. The van der Waals surface area contributed by atoms with Gasteiger partial charge in [-0.3, -0.25) is 14.7 Å². The van der Waals surface area contributed by atoms with E-state index >= 15 is 9.18 Å². The highest BCUT2D eigenvalue weighted by molar-refractivity contribution is 5.89. The minimum absolute atomic E-state index is 0.121. The van der Waals surface area contributed by atoms with E-state index in [0.717, 1.165) is 11.0 Å². The van der Waals surface area contributed by atoms with Gasteiger partial charge in [0.05, 0.1) is 32.0 Å². The molecule has 0 spiro atoms. The van der Waals surface area contributed by atoms with Crippen molar-refractivity contribution in [3.05, 3.63) is 107 Å². The highest BCUT2D eigenvalue weighted by Crippen LogP contribution is 2.62. The minimum Gasteiger partial charge on any atom is -0.497 e. The van der Waals surface area contributed by atoms with Crippen molar-refractivity contribution in [2.75, 3.05) is 20.3 Å². The summed E-state index contributed by atoms with van der Waals surface area (Å²) in [7, 11) is 1.48. The quantitative estimate of drug-likeness (QED) is 0.137. The van der Waals surface area contributed by atoms with Gasteiger partial charge in [0.2, 0.25) is 0 Å². The van der Waals surface area contributed by atoms with Gasteiger partial charge in [0.1, 0.15) is 65.0 Å². The van der Waals surface area contributed by atoms with Crippen LogP contribution in [0.5, 0.6) is 5.75 Å². The van der Waals surface area contributed by atoms with Gasteiger partial charge in [0.15, 0.2) is 24.2 Å². The standard InChI is InChI=1S/C51H59FN2O16/c1-26(56)69-50-25-63-35(50)20-19-31-36(50)42(68-44(58)28-12-9-8-10-13-28)51(61)23-30(22-32(49(51,5)6)40-39(31)66-46(67-40)34(57)24-55)64-45(59)41-38(37-33(52)14-11-21-53-37)54(47(60)70-48(2,3)4)43(65-41)27-15-17-29(62-7)18-16-27/h8-18,21-22,30-31,34-36,38-43,46,55,57,61H,19-20,23-25H2,1-7H3/t30-,31?,34?,35-,36?,38+,39+,40-,41?,42+,43?,46+,50+,51-/m1/s1. The van der Waals surface area contributed by atoms with Gasteiger partial charge in [-0.2, -0.15) is 0 Å². The van der Waals surface area contributed by atoms with E-state index in [2.05, 4.69) is 4.98 Å². The summed E-state index contributed by atoms with van der Waals surface area (Å²) in [5.41, 5.74) is -5.60. The zero-order chi connectivity index (χ0) is 50.1. The number of halogens is 1. The van der Waals surface area contributed by atoms with Crippen LogP contribution in [0.15, 0.2) is 84.6 Å². The van der Waals surface area contributed by atoms with E-state index < -0.39 is 138 Å². The Morgan fingerprint density at radius 3 is 2.33 bits per heavy atom. The maximum Gasteiger partial charge on any atom is 0.413 e. The van der Waals surface area contributed by atoms with E-state index in [1.165, 1.54) is 26.3 Å². The number of fused-ring (bicyclic) bond motifs is 8. The molecule has 18 nitrogen and oxygen atoms in total. The molecule has 1 aromatic heterocycles. The van der Waals surface area contributed by atoms with Crippen LogP contribution in [0.2, 0.25) is 0 Å². The van der Waals surface area contributed by atoms with E-state index in [1.54, 1.807) is 95.3 Å². The van der Waals surface area contributed by atoms with Crippen molar-refractivity contribution in [3.63, 3.8) is 0 Å². The number of aromatic nitrogens is 1. The van der Waals surface area contributed by atoms with E-state index in [0.29, 0.717) is 29.7 Å². The third-order valence-electron chi connectivity index (χ3n) is 14.7. The molecule has 3 aliphatic carbocycles. The van der Waals surface area contributed by atoms with E-state index in [4.69, 9.17) is 42.6 Å². The molecule has 5 fully saturated rings. The molecular formula is C51H59FN2O16. The summed E-state index contributed by atoms with van der Waals surface area (Å²) in [4.78, 5) is 62.4. The Kier molecular flexibility index (Phi) is 13.1. The number of carbonyl (C=O) groups is 4. The molecule has 9 rings (SSSR count). The molecule has 19 heteroatoms. The fraction of sp³-hybridized carbons (Fsp3) is 0.549. The number of aliphatic hydroxyl groups is 3. The van der Waals surface area contributed by atoms with Crippen molar-refractivity contribution in [2.24, 2.45) is 17.3 Å². The second-order valence-electron chi connectivity index (χ2n) is 20.3. The number of nitrogens with zero attached hydrogens (tertiary/aromatic N) is 2. The molecule has 2 aromatic carbocycles. The third kappa shape index (κ3) is 8.51. The summed E-state index contributed by atoms with van der Waals surface area (Å²) >= 11 is 0. The number of pyridine rings is 1. The largest absolute Gasteiger partial charge is 0.497 e. The Labute approximate surface area is 403 Å². The molecule has 1 amide bonds. The van der Waals surface area contributed by atoms with Crippen LogP contribution in [0, 0.1) is 23.1 Å². The van der Waals surface area contributed by atoms with E-state index in [1.807, 2.05) is 0 Å². The summed E-state index contributed by atoms with van der Waals surface area (Å²) in [6.45, 7) is 8.78. The molecule has 6 aliphatic rings. The summed E-state index contributed by atoms with van der Waals surface area (Å²) in [6.07, 6.45) is -9.43. The molecule has 5 unspecified atom stereocenters. The summed E-state index contributed by atoms with van der Waals surface area (Å²) < 4.78 is 72.1. The van der Waals surface area contributed by atoms with Crippen LogP contribution in [0.3, 0.4) is 0 Å². The van der Waals surface area contributed by atoms with Crippen LogP contribution in [0.4, 0.5) is 9.18 Å². The average molecular weight is 975 g/mol. The number of benzene rings is 2. The Balaban J connectivity index is 1.18. The van der Waals surface area contributed by atoms with Crippen LogP contribution in [0.25, 0.3) is 0 Å². The van der Waals surface area contributed by atoms with Crippen molar-refractivity contribution in [2.45, 2.75) is 139 Å². The monoisotopic (exact) mass is 974 g/mol. The lowest BCUT2D eigenvalue weighted by Gasteiger charge is -2.64. The zero-order valence-corrected chi connectivity index (χ0v) is 39.9. The van der Waals surface area contributed by atoms with E-state index in [-0.39, 0.29) is 17.9 Å². The van der Waals surface area contributed by atoms with Crippen molar-refractivity contribution in [1.82, 2.24) is 9.88 Å². The number of hydrogen-bond donors (Lipinski definition) is 3. The second kappa shape index (κ2) is 18.6. The Bertz CT molecular complexity index is 2500. The predicted molar refractivity (Wildman–Crippen MR) is 240 cm³/mol. The Hall–Kier alpha value is -5.54. The van der Waals surface area contributed by atoms with E-state index in [9.17, 15) is 29.7 Å². The van der Waals surface area contributed by atoms with Crippen molar-refractivity contribution >= 4 is 24.0 Å². The third-order valence-corrected chi connectivity index (χ3v) is 14.7. The minimum atomic E-state index is -2.20. The first-order valence-corrected chi connectivity index (χ1v) is 23.4. The molecule has 3 aliphatic heterocycles. The average Bonchev–Trinajstić information content (AvgIpc) is 3.93.